The molecule has 0 bridgehead atoms. The number of aryl methyl sites for hydroxylation is 1. The molecule has 1 fully saturated rings. The number of imidazole rings is 1. The van der Waals surface area contributed by atoms with Crippen molar-refractivity contribution in [3.05, 3.63) is 174 Å². The molecular weight excluding hydrogens is 958 g/mol. The predicted octanol–water partition coefficient (Wildman–Crippen LogP) is 10.3. The molecule has 5 aromatic carbocycles. The van der Waals surface area contributed by atoms with Crippen LogP contribution >= 0.6 is 8.53 Å². The van der Waals surface area contributed by atoms with E-state index in [0.717, 1.165) is 27.8 Å². The Balaban J connectivity index is 1.23. The van der Waals surface area contributed by atoms with Gasteiger partial charge in [-0.3, -0.25) is 14.3 Å². The van der Waals surface area contributed by atoms with E-state index in [1.807, 2.05) is 128 Å². The van der Waals surface area contributed by atoms with Gasteiger partial charge in [0.05, 0.1) is 52.8 Å². The van der Waals surface area contributed by atoms with Crippen LogP contribution in [0.2, 0.25) is 0 Å². The number of fused-ring (bicyclic) bond motifs is 1. The van der Waals surface area contributed by atoms with Gasteiger partial charge in [-0.1, -0.05) is 103 Å². The molecule has 16 nitrogen and oxygen atoms in total. The summed E-state index contributed by atoms with van der Waals surface area (Å²) in [6, 6.07) is 45.1. The van der Waals surface area contributed by atoms with Crippen LogP contribution in [0.4, 0.5) is 5.82 Å². The molecule has 17 heteroatoms. The van der Waals surface area contributed by atoms with Crippen molar-refractivity contribution >= 4 is 31.4 Å². The number of ether oxygens (including phenoxy) is 6. The van der Waals surface area contributed by atoms with Crippen LogP contribution in [0.25, 0.3) is 11.2 Å². The number of benzene rings is 5. The number of carbonyl (C=O) groups excluding carboxylic acids is 1. The number of carbonyl (C=O) groups is 1. The van der Waals surface area contributed by atoms with Crippen LogP contribution in [-0.4, -0.2) is 102 Å². The summed E-state index contributed by atoms with van der Waals surface area (Å²) in [6.45, 7) is 10.4. The maximum Gasteiger partial charge on any atom is 0.266 e. The lowest BCUT2D eigenvalue weighted by Gasteiger charge is -2.39. The molecule has 7 aromatic rings. The smallest absolute Gasteiger partial charge is 0.266 e. The first-order valence-electron chi connectivity index (χ1n) is 24.6. The van der Waals surface area contributed by atoms with Crippen LogP contribution in [0.1, 0.15) is 68.2 Å². The van der Waals surface area contributed by atoms with E-state index in [-0.39, 0.29) is 50.8 Å². The zero-order valence-electron chi connectivity index (χ0n) is 43.1. The van der Waals surface area contributed by atoms with Crippen molar-refractivity contribution in [2.75, 3.05) is 46.0 Å². The number of hydrogen-bond acceptors (Lipinski definition) is 14. The highest BCUT2D eigenvalue weighted by Crippen LogP contribution is 2.51. The highest BCUT2D eigenvalue weighted by molar-refractivity contribution is 7.44. The monoisotopic (exact) mass is 1020 g/mol. The van der Waals surface area contributed by atoms with Crippen molar-refractivity contribution in [1.82, 2.24) is 24.2 Å². The third-order valence-corrected chi connectivity index (χ3v) is 14.9. The highest BCUT2D eigenvalue weighted by Gasteiger charge is 2.51. The second kappa shape index (κ2) is 25.0. The van der Waals surface area contributed by atoms with E-state index in [9.17, 15) is 10.1 Å². The molecule has 8 rings (SSSR count). The summed E-state index contributed by atoms with van der Waals surface area (Å²) in [5, 5.41) is 9.60. The van der Waals surface area contributed by atoms with Crippen molar-refractivity contribution < 1.29 is 42.3 Å². The molecule has 1 aliphatic rings. The Morgan fingerprint density at radius 2 is 1.42 bits per heavy atom. The number of aromatic nitrogens is 4. The Hall–Kier alpha value is -6.80. The fourth-order valence-corrected chi connectivity index (χ4v) is 11.1. The SMILES string of the molecule is COc1ccc(C(OCC2OC(n3cnc4c(N(Cc5cccc(C)c5)C(=O)COc5ccccc5)ncnc43)C(OC)C2OP(OCCC#N)N(C(C)C)C(C)C)(c2ccccc2)c2ccc(OC)cc2)cc1. The maximum absolute atomic E-state index is 14.4. The van der Waals surface area contributed by atoms with Crippen LogP contribution in [0.15, 0.2) is 146 Å². The van der Waals surface area contributed by atoms with Crippen LogP contribution in [-0.2, 0) is 40.2 Å². The molecule has 1 aliphatic heterocycles. The van der Waals surface area contributed by atoms with Gasteiger partial charge in [-0.15, -0.1) is 0 Å². The topological polar surface area (TPSA) is 165 Å². The largest absolute Gasteiger partial charge is 0.497 e. The molecule has 0 saturated carbocycles. The molecule has 0 radical (unpaired) electrons. The minimum atomic E-state index is -1.81. The van der Waals surface area contributed by atoms with E-state index in [1.165, 1.54) is 6.33 Å². The Labute approximate surface area is 434 Å². The first-order chi connectivity index (χ1) is 36.0. The van der Waals surface area contributed by atoms with E-state index in [2.05, 4.69) is 38.4 Å². The van der Waals surface area contributed by atoms with Gasteiger partial charge in [0, 0.05) is 19.2 Å². The lowest BCUT2D eigenvalue weighted by atomic mass is 9.80. The van der Waals surface area contributed by atoms with E-state index < -0.39 is 38.7 Å². The molecule has 0 spiro atoms. The average Bonchev–Trinajstić information content (AvgIpc) is 4.01. The number of methoxy groups -OCH3 is 3. The third kappa shape index (κ3) is 11.9. The summed E-state index contributed by atoms with van der Waals surface area (Å²) in [5.41, 5.74) is 4.02. The van der Waals surface area contributed by atoms with Gasteiger partial charge in [-0.05, 0) is 93.3 Å². The molecule has 5 atom stereocenters. The molecule has 0 N–H and O–H groups in total. The number of rotatable bonds is 24. The van der Waals surface area contributed by atoms with Gasteiger partial charge in [-0.2, -0.15) is 5.26 Å². The van der Waals surface area contributed by atoms with E-state index in [1.54, 1.807) is 49.3 Å². The molecule has 386 valence electrons. The second-order valence-corrected chi connectivity index (χ2v) is 19.7. The number of hydrogen-bond donors (Lipinski definition) is 0. The first kappa shape index (κ1) is 53.5. The van der Waals surface area contributed by atoms with Crippen molar-refractivity contribution in [3.63, 3.8) is 0 Å². The van der Waals surface area contributed by atoms with E-state index in [0.29, 0.717) is 34.2 Å². The Kier molecular flexibility index (Phi) is 18.0. The standard InChI is InChI=1S/C57H64N7O9P/c1-39(2)64(40(3)4)74(71-32-16-31-58)73-52-49(35-70-57(43-19-11-9-12-20-43,44-23-27-46(66-6)28-24-44)45-25-29-47(67-7)30-26-45)72-56(53(52)68-8)63-38-61-51-54(59-37-60-55(51)63)62(34-42-18-15-17-41(5)33-42)50(65)36-69-48-21-13-10-14-22-48/h9-15,17-30,33,37-40,49,52-53,56H,16,32,34-36H2,1-8H3. The second-order valence-electron chi connectivity index (χ2n) is 18.3. The molecule has 1 saturated heterocycles. The molecule has 2 aromatic heterocycles. The van der Waals surface area contributed by atoms with Gasteiger partial charge in [0.25, 0.3) is 14.4 Å². The lowest BCUT2D eigenvalue weighted by Crippen LogP contribution is -2.42. The van der Waals surface area contributed by atoms with Crippen LogP contribution in [0.5, 0.6) is 17.2 Å². The van der Waals surface area contributed by atoms with Gasteiger partial charge >= 0.3 is 0 Å². The van der Waals surface area contributed by atoms with Gasteiger partial charge in [0.15, 0.2) is 29.8 Å². The zero-order valence-corrected chi connectivity index (χ0v) is 44.0. The Morgan fingerprint density at radius 1 is 0.784 bits per heavy atom. The van der Waals surface area contributed by atoms with Crippen LogP contribution < -0.4 is 19.1 Å². The van der Waals surface area contributed by atoms with Crippen molar-refractivity contribution in [2.24, 2.45) is 0 Å². The Bertz CT molecular complexity index is 2880. The van der Waals surface area contributed by atoms with Crippen LogP contribution in [0.3, 0.4) is 0 Å². The maximum atomic E-state index is 14.4. The average molecular weight is 1020 g/mol. The lowest BCUT2D eigenvalue weighted by molar-refractivity contribution is -0.120. The third-order valence-electron chi connectivity index (χ3n) is 12.8. The van der Waals surface area contributed by atoms with Gasteiger partial charge in [0.2, 0.25) is 0 Å². The molecular formula is C57H64N7O9P. The number of anilines is 1. The quantitative estimate of drug-likeness (QED) is 0.0319. The van der Waals surface area contributed by atoms with E-state index >= 15 is 0 Å². The number of nitriles is 1. The minimum Gasteiger partial charge on any atom is -0.497 e. The highest BCUT2D eigenvalue weighted by atomic mass is 31.2. The predicted molar refractivity (Wildman–Crippen MR) is 283 cm³/mol. The van der Waals surface area contributed by atoms with Crippen molar-refractivity contribution in [2.45, 2.75) is 89.8 Å². The summed E-state index contributed by atoms with van der Waals surface area (Å²) in [7, 11) is 3.07. The molecule has 1 amide bonds. The summed E-state index contributed by atoms with van der Waals surface area (Å²) in [6.07, 6.45) is -0.134. The van der Waals surface area contributed by atoms with Gasteiger partial charge < -0.3 is 37.5 Å². The molecule has 74 heavy (non-hydrogen) atoms. The van der Waals surface area contributed by atoms with Gasteiger partial charge in [0.1, 0.15) is 47.5 Å². The number of para-hydroxylation sites is 1. The normalized spacial score (nSPS) is 17.2. The van der Waals surface area contributed by atoms with Crippen molar-refractivity contribution in [3.8, 4) is 23.3 Å². The molecule has 0 aliphatic carbocycles. The van der Waals surface area contributed by atoms with Gasteiger partial charge in [-0.25, -0.2) is 19.6 Å². The number of nitrogens with zero attached hydrogens (tertiary/aromatic N) is 7. The summed E-state index contributed by atoms with van der Waals surface area (Å²) in [4.78, 5) is 30.3. The fourth-order valence-electron chi connectivity index (χ4n) is 9.36. The first-order valence-corrected chi connectivity index (χ1v) is 25.8. The summed E-state index contributed by atoms with van der Waals surface area (Å²) >= 11 is 0. The summed E-state index contributed by atoms with van der Waals surface area (Å²) in [5.74, 6) is 1.91. The minimum absolute atomic E-state index is 0.00384. The van der Waals surface area contributed by atoms with Crippen LogP contribution in [0, 0.1) is 18.3 Å². The number of amides is 1. The molecule has 5 unspecified atom stereocenters. The Morgan fingerprint density at radius 3 is 2.01 bits per heavy atom. The molecule has 3 heterocycles. The summed E-state index contributed by atoms with van der Waals surface area (Å²) < 4.78 is 56.1. The van der Waals surface area contributed by atoms with E-state index in [4.69, 9.17) is 52.4 Å². The zero-order chi connectivity index (χ0) is 52.2. The van der Waals surface area contributed by atoms with Crippen molar-refractivity contribution in [1.29, 1.82) is 5.26 Å². The fraction of sp³-hybridized carbons (Fsp3) is 0.351.